The lowest BCUT2D eigenvalue weighted by Crippen LogP contribution is -2.03. The summed E-state index contributed by atoms with van der Waals surface area (Å²) in [5, 5.41) is 0. The Morgan fingerprint density at radius 1 is 0.808 bits per heavy atom. The average molecular weight is 340 g/mol. The van der Waals surface area contributed by atoms with Crippen LogP contribution in [0.4, 0.5) is 0 Å². The first-order valence-corrected chi connectivity index (χ1v) is 8.50. The SMILES string of the molecule is COC(=O)C(=C=CC(c1ccccc1)c1ccccc1)c1ccccc1. The molecule has 26 heavy (non-hydrogen) atoms. The minimum atomic E-state index is -0.396. The molecule has 128 valence electrons. The Labute approximate surface area is 154 Å². The third-order valence-corrected chi connectivity index (χ3v) is 4.16. The van der Waals surface area contributed by atoms with Crippen molar-refractivity contribution in [1.82, 2.24) is 0 Å². The van der Waals surface area contributed by atoms with Crippen molar-refractivity contribution < 1.29 is 9.53 Å². The van der Waals surface area contributed by atoms with Crippen LogP contribution in [0.5, 0.6) is 0 Å². The highest BCUT2D eigenvalue weighted by Crippen LogP contribution is 2.26. The maximum atomic E-state index is 12.3. The number of methoxy groups -OCH3 is 1. The predicted molar refractivity (Wildman–Crippen MR) is 105 cm³/mol. The number of ether oxygens (including phenoxy) is 1. The highest BCUT2D eigenvalue weighted by atomic mass is 16.5. The number of hydrogen-bond donors (Lipinski definition) is 0. The van der Waals surface area contributed by atoms with E-state index in [2.05, 4.69) is 30.0 Å². The largest absolute Gasteiger partial charge is 0.465 e. The summed E-state index contributed by atoms with van der Waals surface area (Å²) in [7, 11) is 1.39. The first-order chi connectivity index (χ1) is 12.8. The summed E-state index contributed by atoms with van der Waals surface area (Å²) < 4.78 is 4.95. The molecule has 0 heterocycles. The number of esters is 1. The van der Waals surface area contributed by atoms with Gasteiger partial charge in [-0.1, -0.05) is 91.0 Å². The van der Waals surface area contributed by atoms with Crippen LogP contribution < -0.4 is 0 Å². The zero-order valence-corrected chi connectivity index (χ0v) is 14.6. The van der Waals surface area contributed by atoms with Crippen LogP contribution in [0.2, 0.25) is 0 Å². The van der Waals surface area contributed by atoms with Gasteiger partial charge >= 0.3 is 5.97 Å². The van der Waals surface area contributed by atoms with Gasteiger partial charge in [-0.2, -0.15) is 0 Å². The minimum Gasteiger partial charge on any atom is -0.465 e. The van der Waals surface area contributed by atoms with Crippen LogP contribution in [-0.4, -0.2) is 13.1 Å². The maximum Gasteiger partial charge on any atom is 0.346 e. The molecule has 0 spiro atoms. The molecule has 0 amide bonds. The van der Waals surface area contributed by atoms with Gasteiger partial charge in [0, 0.05) is 5.92 Å². The van der Waals surface area contributed by atoms with Crippen molar-refractivity contribution in [3.63, 3.8) is 0 Å². The Hall–Kier alpha value is -3.35. The quantitative estimate of drug-likeness (QED) is 0.361. The smallest absolute Gasteiger partial charge is 0.346 e. The zero-order chi connectivity index (χ0) is 18.2. The van der Waals surface area contributed by atoms with Crippen LogP contribution in [0.15, 0.2) is 103 Å². The molecule has 3 aromatic rings. The van der Waals surface area contributed by atoms with Crippen molar-refractivity contribution >= 4 is 11.5 Å². The second-order valence-corrected chi connectivity index (χ2v) is 5.84. The lowest BCUT2D eigenvalue weighted by molar-refractivity contribution is -0.133. The van der Waals surface area contributed by atoms with E-state index in [0.717, 1.165) is 16.7 Å². The van der Waals surface area contributed by atoms with Crippen molar-refractivity contribution in [2.45, 2.75) is 5.92 Å². The zero-order valence-electron chi connectivity index (χ0n) is 14.6. The van der Waals surface area contributed by atoms with Crippen molar-refractivity contribution in [3.05, 3.63) is 119 Å². The summed E-state index contributed by atoms with van der Waals surface area (Å²) >= 11 is 0. The lowest BCUT2D eigenvalue weighted by Gasteiger charge is -2.13. The molecule has 0 aliphatic carbocycles. The van der Waals surface area contributed by atoms with E-state index >= 15 is 0 Å². The summed E-state index contributed by atoms with van der Waals surface area (Å²) in [6.45, 7) is 0. The van der Waals surface area contributed by atoms with Crippen molar-refractivity contribution in [2.24, 2.45) is 0 Å². The molecule has 0 radical (unpaired) electrons. The summed E-state index contributed by atoms with van der Waals surface area (Å²) in [6, 6.07) is 29.8. The highest BCUT2D eigenvalue weighted by molar-refractivity contribution is 6.16. The molecule has 2 nitrogen and oxygen atoms in total. The first kappa shape index (κ1) is 17.5. The average Bonchev–Trinajstić information content (AvgIpc) is 2.73. The van der Waals surface area contributed by atoms with Crippen LogP contribution in [0.25, 0.3) is 5.57 Å². The van der Waals surface area contributed by atoms with E-state index in [-0.39, 0.29) is 5.92 Å². The van der Waals surface area contributed by atoms with Crippen molar-refractivity contribution in [3.8, 4) is 0 Å². The molecule has 0 N–H and O–H groups in total. The summed E-state index contributed by atoms with van der Waals surface area (Å²) in [5.74, 6) is -0.395. The monoisotopic (exact) mass is 340 g/mol. The van der Waals surface area contributed by atoms with Gasteiger partial charge in [0.15, 0.2) is 0 Å². The fourth-order valence-electron chi connectivity index (χ4n) is 2.84. The lowest BCUT2D eigenvalue weighted by atomic mass is 9.91. The van der Waals surface area contributed by atoms with Crippen LogP contribution in [-0.2, 0) is 9.53 Å². The molecule has 0 saturated heterocycles. The maximum absolute atomic E-state index is 12.3. The van der Waals surface area contributed by atoms with Gasteiger partial charge in [0.1, 0.15) is 5.57 Å². The normalized spacial score (nSPS) is 10.1. The highest BCUT2D eigenvalue weighted by Gasteiger charge is 2.13. The van der Waals surface area contributed by atoms with Crippen molar-refractivity contribution in [1.29, 1.82) is 0 Å². The van der Waals surface area contributed by atoms with Gasteiger partial charge in [0.05, 0.1) is 7.11 Å². The van der Waals surface area contributed by atoms with E-state index in [1.807, 2.05) is 72.8 Å². The predicted octanol–water partition coefficient (Wildman–Crippen LogP) is 5.23. The molecule has 0 fully saturated rings. The number of rotatable bonds is 5. The van der Waals surface area contributed by atoms with Gasteiger partial charge in [-0.05, 0) is 22.8 Å². The molecule has 0 unspecified atom stereocenters. The van der Waals surface area contributed by atoms with Gasteiger partial charge in [0.25, 0.3) is 0 Å². The molecular formula is C24H20O2. The molecular weight excluding hydrogens is 320 g/mol. The summed E-state index contributed by atoms with van der Waals surface area (Å²) in [4.78, 5) is 12.3. The van der Waals surface area contributed by atoms with Gasteiger partial charge < -0.3 is 4.74 Å². The van der Waals surface area contributed by atoms with Gasteiger partial charge in [0.2, 0.25) is 0 Å². The molecule has 0 aliphatic heterocycles. The minimum absolute atomic E-state index is 0.000711. The Bertz CT molecular complexity index is 867. The molecule has 0 aliphatic rings. The van der Waals surface area contributed by atoms with E-state index in [0.29, 0.717) is 5.57 Å². The van der Waals surface area contributed by atoms with E-state index < -0.39 is 5.97 Å². The van der Waals surface area contributed by atoms with E-state index in [1.165, 1.54) is 7.11 Å². The Kier molecular flexibility index (Phi) is 5.82. The number of benzene rings is 3. The second-order valence-electron chi connectivity index (χ2n) is 5.84. The van der Waals surface area contributed by atoms with E-state index in [9.17, 15) is 4.79 Å². The van der Waals surface area contributed by atoms with Crippen LogP contribution in [0.1, 0.15) is 22.6 Å². The topological polar surface area (TPSA) is 26.3 Å². The van der Waals surface area contributed by atoms with Crippen molar-refractivity contribution in [2.75, 3.05) is 7.11 Å². The Balaban J connectivity index is 2.11. The third kappa shape index (κ3) is 4.18. The Morgan fingerprint density at radius 2 is 1.27 bits per heavy atom. The first-order valence-electron chi connectivity index (χ1n) is 8.50. The summed E-state index contributed by atoms with van der Waals surface area (Å²) in [5.41, 5.74) is 6.69. The number of hydrogen-bond acceptors (Lipinski definition) is 2. The second kappa shape index (κ2) is 8.66. The molecule has 3 rings (SSSR count). The fourth-order valence-corrected chi connectivity index (χ4v) is 2.84. The molecule has 3 aromatic carbocycles. The van der Waals surface area contributed by atoms with Crippen LogP contribution >= 0.6 is 0 Å². The molecule has 0 aromatic heterocycles. The summed E-state index contributed by atoms with van der Waals surface area (Å²) in [6.07, 6.45) is 1.93. The van der Waals surface area contributed by atoms with Gasteiger partial charge in [-0.15, -0.1) is 5.73 Å². The molecule has 0 saturated carbocycles. The third-order valence-electron chi connectivity index (χ3n) is 4.16. The molecule has 0 atom stereocenters. The van der Waals surface area contributed by atoms with E-state index in [1.54, 1.807) is 0 Å². The number of carbonyl (C=O) groups is 1. The fraction of sp³-hybridized carbons (Fsp3) is 0.0833. The standard InChI is InChI=1S/C24H20O2/c1-26-24(25)23(21-15-9-4-10-16-21)18-17-22(19-11-5-2-6-12-19)20-13-7-3-8-14-20/h2-17,22H,1H3. The van der Waals surface area contributed by atoms with Crippen LogP contribution in [0, 0.1) is 0 Å². The van der Waals surface area contributed by atoms with Crippen LogP contribution in [0.3, 0.4) is 0 Å². The van der Waals surface area contributed by atoms with Gasteiger partial charge in [-0.3, -0.25) is 0 Å². The van der Waals surface area contributed by atoms with E-state index in [4.69, 9.17) is 4.74 Å². The molecule has 0 bridgehead atoms. The Morgan fingerprint density at radius 3 is 1.73 bits per heavy atom. The van der Waals surface area contributed by atoms with Gasteiger partial charge in [-0.25, -0.2) is 4.79 Å². The molecule has 2 heteroatoms. The number of carbonyl (C=O) groups excluding carboxylic acids is 1.